The summed E-state index contributed by atoms with van der Waals surface area (Å²) in [5, 5.41) is -1.22. The highest BCUT2D eigenvalue weighted by Gasteiger charge is 2.43. The highest BCUT2D eigenvalue weighted by molar-refractivity contribution is 7.92. The fourth-order valence-electron chi connectivity index (χ4n) is 4.79. The number of ketones is 1. The number of rotatable bonds is 18. The summed E-state index contributed by atoms with van der Waals surface area (Å²) in [5.74, 6) is -0.491. The second kappa shape index (κ2) is 16.8. The van der Waals surface area contributed by atoms with Crippen LogP contribution in [0.4, 0.5) is 4.79 Å². The molecule has 1 heterocycles. The van der Waals surface area contributed by atoms with Gasteiger partial charge in [0.25, 0.3) is 0 Å². The molecule has 0 radical (unpaired) electrons. The van der Waals surface area contributed by atoms with E-state index in [0.717, 1.165) is 24.8 Å². The van der Waals surface area contributed by atoms with Crippen LogP contribution >= 0.6 is 0 Å². The van der Waals surface area contributed by atoms with Crippen molar-refractivity contribution in [3.63, 3.8) is 0 Å². The number of ether oxygens (including phenoxy) is 2. The van der Waals surface area contributed by atoms with E-state index in [9.17, 15) is 18.0 Å². The fourth-order valence-corrected chi connectivity index (χ4v) is 6.58. The SMILES string of the molecule is CCCCCCCCCCCCCCC(C(=O)[C@@H]1COCN1C(=O)OCC)S(=O)(=O)c1ccc(C)cc1. The smallest absolute Gasteiger partial charge is 0.412 e. The molecule has 1 aliphatic heterocycles. The maximum Gasteiger partial charge on any atom is 0.412 e. The van der Waals surface area contributed by atoms with Gasteiger partial charge in [-0.05, 0) is 32.4 Å². The molecule has 0 spiro atoms. The van der Waals surface area contributed by atoms with Crippen LogP contribution in [0.25, 0.3) is 0 Å². The van der Waals surface area contributed by atoms with Crippen molar-refractivity contribution in [3.8, 4) is 0 Å². The normalized spacial score (nSPS) is 16.6. The molecule has 1 saturated heterocycles. The lowest BCUT2D eigenvalue weighted by Gasteiger charge is -2.25. The summed E-state index contributed by atoms with van der Waals surface area (Å²) in [6.07, 6.45) is 13.6. The number of sulfone groups is 1. The predicted octanol–water partition coefficient (Wildman–Crippen LogP) is 6.61. The van der Waals surface area contributed by atoms with Crippen LogP contribution in [0.15, 0.2) is 29.2 Å². The number of carbonyl (C=O) groups excluding carboxylic acids is 2. The molecule has 1 aromatic carbocycles. The van der Waals surface area contributed by atoms with Crippen molar-refractivity contribution < 1.29 is 27.5 Å². The maximum absolute atomic E-state index is 13.6. The van der Waals surface area contributed by atoms with E-state index >= 15 is 0 Å². The van der Waals surface area contributed by atoms with Crippen molar-refractivity contribution in [2.75, 3.05) is 19.9 Å². The fraction of sp³-hybridized carbons (Fsp3) is 0.724. The van der Waals surface area contributed by atoms with Gasteiger partial charge in [-0.15, -0.1) is 0 Å². The molecular formula is C29H47NO6S. The minimum Gasteiger partial charge on any atom is -0.450 e. The quantitative estimate of drug-likeness (QED) is 0.196. The topological polar surface area (TPSA) is 90.0 Å². The Labute approximate surface area is 224 Å². The van der Waals surface area contributed by atoms with E-state index in [1.165, 1.54) is 56.3 Å². The number of hydrogen-bond donors (Lipinski definition) is 0. The van der Waals surface area contributed by atoms with Gasteiger partial charge >= 0.3 is 6.09 Å². The minimum atomic E-state index is -3.91. The van der Waals surface area contributed by atoms with Gasteiger partial charge in [0.15, 0.2) is 15.6 Å². The zero-order valence-electron chi connectivity index (χ0n) is 23.1. The molecule has 1 aliphatic rings. The molecule has 0 saturated carbocycles. The third-order valence-corrected chi connectivity index (χ3v) is 9.22. The molecule has 1 amide bonds. The monoisotopic (exact) mass is 537 g/mol. The second-order valence-corrected chi connectivity index (χ2v) is 12.2. The molecule has 210 valence electrons. The van der Waals surface area contributed by atoms with Gasteiger partial charge in [0.2, 0.25) is 0 Å². The molecule has 1 aromatic rings. The van der Waals surface area contributed by atoms with Crippen LogP contribution < -0.4 is 0 Å². The average molecular weight is 538 g/mol. The summed E-state index contributed by atoms with van der Waals surface area (Å²) in [6, 6.07) is 5.63. The Hall–Kier alpha value is -1.93. The van der Waals surface area contributed by atoms with Gasteiger partial charge in [-0.3, -0.25) is 9.69 Å². The van der Waals surface area contributed by atoms with Crippen LogP contribution in [0.1, 0.15) is 103 Å². The summed E-state index contributed by atoms with van der Waals surface area (Å²) in [7, 11) is -3.91. The van der Waals surface area contributed by atoms with E-state index in [4.69, 9.17) is 9.47 Å². The molecule has 1 unspecified atom stereocenters. The zero-order chi connectivity index (χ0) is 27.1. The summed E-state index contributed by atoms with van der Waals surface area (Å²) < 4.78 is 37.6. The van der Waals surface area contributed by atoms with Gasteiger partial charge in [0.1, 0.15) is 18.0 Å². The van der Waals surface area contributed by atoms with Gasteiger partial charge in [0, 0.05) is 0 Å². The number of Topliss-reactive ketones (excluding diaryl/α,β-unsaturated/α-hetero) is 1. The number of carbonyl (C=O) groups is 2. The number of unbranched alkanes of at least 4 members (excludes halogenated alkanes) is 11. The second-order valence-electron chi connectivity index (χ2n) is 10.1. The van der Waals surface area contributed by atoms with Crippen molar-refractivity contribution in [2.45, 2.75) is 120 Å². The molecular weight excluding hydrogens is 490 g/mol. The van der Waals surface area contributed by atoms with Gasteiger partial charge in [-0.2, -0.15) is 0 Å². The Morgan fingerprint density at radius 2 is 1.46 bits per heavy atom. The summed E-state index contributed by atoms with van der Waals surface area (Å²) in [4.78, 5) is 27.2. The first-order valence-electron chi connectivity index (χ1n) is 14.2. The molecule has 0 N–H and O–H groups in total. The predicted molar refractivity (Wildman–Crippen MR) is 146 cm³/mol. The first-order chi connectivity index (χ1) is 17.8. The highest BCUT2D eigenvalue weighted by Crippen LogP contribution is 2.26. The minimum absolute atomic E-state index is 0.0178. The lowest BCUT2D eigenvalue weighted by Crippen LogP contribution is -2.48. The van der Waals surface area contributed by atoms with Gasteiger partial charge in [-0.25, -0.2) is 13.2 Å². The van der Waals surface area contributed by atoms with E-state index in [0.29, 0.717) is 6.42 Å². The van der Waals surface area contributed by atoms with E-state index in [1.807, 2.05) is 6.92 Å². The first-order valence-corrected chi connectivity index (χ1v) is 15.7. The molecule has 37 heavy (non-hydrogen) atoms. The van der Waals surface area contributed by atoms with Crippen LogP contribution in [-0.2, 0) is 24.1 Å². The van der Waals surface area contributed by atoms with Crippen molar-refractivity contribution in [2.24, 2.45) is 0 Å². The highest BCUT2D eigenvalue weighted by atomic mass is 32.2. The van der Waals surface area contributed by atoms with Crippen molar-refractivity contribution in [1.29, 1.82) is 0 Å². The van der Waals surface area contributed by atoms with E-state index < -0.39 is 33.0 Å². The van der Waals surface area contributed by atoms with E-state index in [2.05, 4.69) is 6.92 Å². The number of benzene rings is 1. The lowest BCUT2D eigenvalue weighted by atomic mass is 10.0. The largest absolute Gasteiger partial charge is 0.450 e. The lowest BCUT2D eigenvalue weighted by molar-refractivity contribution is -0.122. The van der Waals surface area contributed by atoms with Crippen LogP contribution in [0, 0.1) is 6.92 Å². The molecule has 8 heteroatoms. The van der Waals surface area contributed by atoms with Crippen molar-refractivity contribution >= 4 is 21.7 Å². The van der Waals surface area contributed by atoms with Crippen LogP contribution in [0.3, 0.4) is 0 Å². The van der Waals surface area contributed by atoms with Crippen molar-refractivity contribution in [3.05, 3.63) is 29.8 Å². The molecule has 7 nitrogen and oxygen atoms in total. The van der Waals surface area contributed by atoms with E-state index in [-0.39, 0.29) is 31.3 Å². The average Bonchev–Trinajstić information content (AvgIpc) is 3.37. The Morgan fingerprint density at radius 3 is 2.00 bits per heavy atom. The first kappa shape index (κ1) is 31.3. The summed E-state index contributed by atoms with van der Waals surface area (Å²) in [5.41, 5.74) is 0.945. The number of amides is 1. The van der Waals surface area contributed by atoms with Crippen LogP contribution in [0.5, 0.6) is 0 Å². The molecule has 2 atom stereocenters. The maximum atomic E-state index is 13.6. The number of aryl methyl sites for hydroxylation is 1. The third-order valence-electron chi connectivity index (χ3n) is 7.07. The Morgan fingerprint density at radius 1 is 0.919 bits per heavy atom. The Bertz CT molecular complexity index is 915. The molecule has 0 bridgehead atoms. The molecule has 1 fully saturated rings. The standard InChI is InChI=1S/C29H47NO6S/c1-4-6-7-8-9-10-11-12-13-14-15-16-17-27(37(33,34)25-20-18-24(3)19-21-25)28(31)26-22-35-23-30(26)29(32)36-5-2/h18-21,26-27H,4-17,22-23H2,1-3H3/t26-,27?/m0/s1. The van der Waals surface area contributed by atoms with Gasteiger partial charge in [-0.1, -0.05) is 102 Å². The van der Waals surface area contributed by atoms with Gasteiger partial charge < -0.3 is 9.47 Å². The summed E-state index contributed by atoms with van der Waals surface area (Å²) in [6.45, 7) is 5.88. The molecule has 2 rings (SSSR count). The third kappa shape index (κ3) is 10.0. The molecule has 0 aliphatic carbocycles. The van der Waals surface area contributed by atoms with Crippen LogP contribution in [-0.4, -0.2) is 56.4 Å². The number of hydrogen-bond acceptors (Lipinski definition) is 6. The summed E-state index contributed by atoms with van der Waals surface area (Å²) >= 11 is 0. The Balaban J connectivity index is 1.95. The van der Waals surface area contributed by atoms with Gasteiger partial charge in [0.05, 0.1) is 18.1 Å². The molecule has 0 aromatic heterocycles. The van der Waals surface area contributed by atoms with Crippen molar-refractivity contribution in [1.82, 2.24) is 4.90 Å². The van der Waals surface area contributed by atoms with Crippen LogP contribution in [0.2, 0.25) is 0 Å². The number of nitrogens with zero attached hydrogens (tertiary/aromatic N) is 1. The zero-order valence-corrected chi connectivity index (χ0v) is 23.9. The van der Waals surface area contributed by atoms with E-state index in [1.54, 1.807) is 31.2 Å². The Kier molecular flexibility index (Phi) is 14.2.